The fraction of sp³-hybridized carbons (Fsp3) is 0.310. The summed E-state index contributed by atoms with van der Waals surface area (Å²) in [6.45, 7) is 0.947. The predicted molar refractivity (Wildman–Crippen MR) is 148 cm³/mol. The minimum atomic E-state index is -0.555. The SMILES string of the molecule is COc1ccc2[nH]c(=O)c([C@@H](c3nnnn3C3CCCC3)N(Cc3ccc(Cl)cc3)Cc3ccco3)cc2c1. The van der Waals surface area contributed by atoms with Crippen LogP contribution in [0, 0.1) is 0 Å². The second kappa shape index (κ2) is 11.0. The van der Waals surface area contributed by atoms with Gasteiger partial charge in [0.2, 0.25) is 0 Å². The van der Waals surface area contributed by atoms with Crippen LogP contribution in [0.15, 0.2) is 76.1 Å². The maximum absolute atomic E-state index is 13.7. The van der Waals surface area contributed by atoms with Crippen LogP contribution in [0.2, 0.25) is 5.02 Å². The third-order valence-electron chi connectivity index (χ3n) is 7.41. The molecule has 0 spiro atoms. The van der Waals surface area contributed by atoms with Crippen LogP contribution in [0.5, 0.6) is 5.75 Å². The molecule has 39 heavy (non-hydrogen) atoms. The van der Waals surface area contributed by atoms with Crippen LogP contribution in [0.3, 0.4) is 0 Å². The van der Waals surface area contributed by atoms with Gasteiger partial charge >= 0.3 is 0 Å². The molecule has 3 heterocycles. The number of hydrogen-bond acceptors (Lipinski definition) is 7. The summed E-state index contributed by atoms with van der Waals surface area (Å²) in [7, 11) is 1.63. The van der Waals surface area contributed by atoms with Crippen LogP contribution in [0.1, 0.15) is 60.5 Å². The average molecular weight is 545 g/mol. The molecule has 1 aliphatic carbocycles. The van der Waals surface area contributed by atoms with Crippen molar-refractivity contribution < 1.29 is 9.15 Å². The number of ether oxygens (including phenoxy) is 1. The molecule has 0 radical (unpaired) electrons. The van der Waals surface area contributed by atoms with E-state index in [1.807, 2.05) is 65.3 Å². The van der Waals surface area contributed by atoms with Gasteiger partial charge in [-0.25, -0.2) is 4.68 Å². The summed E-state index contributed by atoms with van der Waals surface area (Å²) in [5.41, 5.74) is 2.12. The van der Waals surface area contributed by atoms with Gasteiger partial charge in [-0.05, 0) is 77.4 Å². The molecule has 6 rings (SSSR count). The quantitative estimate of drug-likeness (QED) is 0.255. The first-order chi connectivity index (χ1) is 19.1. The van der Waals surface area contributed by atoms with Crippen molar-refractivity contribution in [2.45, 2.75) is 50.9 Å². The van der Waals surface area contributed by atoms with Crippen molar-refractivity contribution in [1.29, 1.82) is 0 Å². The number of fused-ring (bicyclic) bond motifs is 1. The molecule has 2 aromatic carbocycles. The van der Waals surface area contributed by atoms with E-state index in [2.05, 4.69) is 25.4 Å². The molecule has 3 aromatic heterocycles. The van der Waals surface area contributed by atoms with E-state index in [-0.39, 0.29) is 11.6 Å². The van der Waals surface area contributed by atoms with Crippen molar-refractivity contribution in [1.82, 2.24) is 30.1 Å². The standard InChI is InChI=1S/C29H29ClN6O3/c1-38-23-12-13-26-20(15-23)16-25(29(37)31-26)27(28-32-33-34-36(28)22-5-2-3-6-22)35(18-24-7-4-14-39-24)17-19-8-10-21(30)11-9-19/h4,7-16,22,27H,2-3,5-6,17-18H2,1H3,(H,31,37)/t27-/m0/s1. The lowest BCUT2D eigenvalue weighted by Gasteiger charge is -2.31. The summed E-state index contributed by atoms with van der Waals surface area (Å²) in [5.74, 6) is 2.12. The molecule has 0 amide bonds. The first-order valence-electron chi connectivity index (χ1n) is 13.1. The molecule has 1 saturated carbocycles. The number of pyridine rings is 1. The summed E-state index contributed by atoms with van der Waals surface area (Å²) in [6.07, 6.45) is 5.93. The summed E-state index contributed by atoms with van der Waals surface area (Å²) in [5, 5.41) is 14.6. The van der Waals surface area contributed by atoms with Gasteiger partial charge in [0.1, 0.15) is 17.6 Å². The summed E-state index contributed by atoms with van der Waals surface area (Å²) in [6, 6.07) is 18.7. The monoisotopic (exact) mass is 544 g/mol. The number of halogens is 1. The number of aromatic nitrogens is 5. The molecule has 0 saturated heterocycles. The Labute approximate surface area is 230 Å². The minimum Gasteiger partial charge on any atom is -0.497 e. The molecule has 200 valence electrons. The van der Waals surface area contributed by atoms with Crippen molar-refractivity contribution in [3.8, 4) is 5.75 Å². The largest absolute Gasteiger partial charge is 0.497 e. The van der Waals surface area contributed by atoms with Crippen molar-refractivity contribution >= 4 is 22.5 Å². The van der Waals surface area contributed by atoms with E-state index in [1.165, 1.54) is 0 Å². The summed E-state index contributed by atoms with van der Waals surface area (Å²) < 4.78 is 13.1. The number of aromatic amines is 1. The molecule has 1 atom stereocenters. The summed E-state index contributed by atoms with van der Waals surface area (Å²) in [4.78, 5) is 19.0. The van der Waals surface area contributed by atoms with Crippen molar-refractivity contribution in [2.24, 2.45) is 0 Å². The van der Waals surface area contributed by atoms with E-state index in [9.17, 15) is 4.79 Å². The van der Waals surface area contributed by atoms with Crippen LogP contribution in [0.25, 0.3) is 10.9 Å². The number of rotatable bonds is 9. The number of benzene rings is 2. The average Bonchev–Trinajstić information content (AvgIpc) is 3.73. The minimum absolute atomic E-state index is 0.193. The number of nitrogens with one attached hydrogen (secondary N) is 1. The van der Waals surface area contributed by atoms with Gasteiger partial charge in [0.15, 0.2) is 5.82 Å². The first kappa shape index (κ1) is 25.3. The first-order valence-corrected chi connectivity index (χ1v) is 13.5. The normalized spacial score (nSPS) is 14.8. The zero-order chi connectivity index (χ0) is 26.8. The van der Waals surface area contributed by atoms with E-state index in [0.29, 0.717) is 35.2 Å². The van der Waals surface area contributed by atoms with Crippen LogP contribution in [0.4, 0.5) is 0 Å². The lowest BCUT2D eigenvalue weighted by molar-refractivity contribution is 0.176. The Kier molecular flexibility index (Phi) is 7.17. The molecule has 0 unspecified atom stereocenters. The van der Waals surface area contributed by atoms with Crippen molar-refractivity contribution in [2.75, 3.05) is 7.11 Å². The molecule has 0 bridgehead atoms. The van der Waals surface area contributed by atoms with Crippen LogP contribution < -0.4 is 10.3 Å². The fourth-order valence-electron chi connectivity index (χ4n) is 5.49. The highest BCUT2D eigenvalue weighted by atomic mass is 35.5. The lowest BCUT2D eigenvalue weighted by atomic mass is 10.0. The topological polar surface area (TPSA) is 102 Å². The molecule has 5 aromatic rings. The van der Waals surface area contributed by atoms with Gasteiger partial charge in [0.25, 0.3) is 5.56 Å². The van der Waals surface area contributed by atoms with Crippen LogP contribution in [-0.4, -0.2) is 37.2 Å². The van der Waals surface area contributed by atoms with Crippen molar-refractivity contribution in [3.05, 3.63) is 105 Å². The van der Waals surface area contributed by atoms with Gasteiger partial charge in [-0.3, -0.25) is 9.69 Å². The van der Waals surface area contributed by atoms with E-state index in [4.69, 9.17) is 20.8 Å². The molecule has 10 heteroatoms. The highest BCUT2D eigenvalue weighted by Gasteiger charge is 2.34. The zero-order valence-corrected chi connectivity index (χ0v) is 22.3. The van der Waals surface area contributed by atoms with E-state index in [0.717, 1.165) is 47.9 Å². The highest BCUT2D eigenvalue weighted by molar-refractivity contribution is 6.30. The third kappa shape index (κ3) is 5.32. The summed E-state index contributed by atoms with van der Waals surface area (Å²) >= 11 is 6.18. The van der Waals surface area contributed by atoms with Gasteiger partial charge in [-0.2, -0.15) is 0 Å². The fourth-order valence-corrected chi connectivity index (χ4v) is 5.61. The highest BCUT2D eigenvalue weighted by Crippen LogP contribution is 2.35. The molecule has 9 nitrogen and oxygen atoms in total. The number of nitrogens with zero attached hydrogens (tertiary/aromatic N) is 5. The number of methoxy groups -OCH3 is 1. The Balaban J connectivity index is 1.53. The number of furan rings is 1. The molecule has 1 fully saturated rings. The lowest BCUT2D eigenvalue weighted by Crippen LogP contribution is -2.35. The molecular formula is C29H29ClN6O3. The van der Waals surface area contributed by atoms with Gasteiger partial charge in [0, 0.05) is 28.0 Å². The Hall–Kier alpha value is -3.95. The Morgan fingerprint density at radius 2 is 1.95 bits per heavy atom. The smallest absolute Gasteiger partial charge is 0.253 e. The van der Waals surface area contributed by atoms with E-state index < -0.39 is 6.04 Å². The molecule has 0 aliphatic heterocycles. The maximum Gasteiger partial charge on any atom is 0.253 e. The number of H-pyrrole nitrogens is 1. The van der Waals surface area contributed by atoms with Crippen molar-refractivity contribution in [3.63, 3.8) is 0 Å². The second-order valence-electron chi connectivity index (χ2n) is 9.94. The number of hydrogen-bond donors (Lipinski definition) is 1. The maximum atomic E-state index is 13.7. The Morgan fingerprint density at radius 3 is 2.69 bits per heavy atom. The number of tetrazole rings is 1. The van der Waals surface area contributed by atoms with Gasteiger partial charge in [0.05, 0.1) is 26.0 Å². The Morgan fingerprint density at radius 1 is 1.13 bits per heavy atom. The third-order valence-corrected chi connectivity index (χ3v) is 7.66. The zero-order valence-electron chi connectivity index (χ0n) is 21.6. The van der Waals surface area contributed by atoms with E-state index >= 15 is 0 Å². The van der Waals surface area contributed by atoms with E-state index in [1.54, 1.807) is 13.4 Å². The van der Waals surface area contributed by atoms with Gasteiger partial charge < -0.3 is 14.1 Å². The predicted octanol–water partition coefficient (Wildman–Crippen LogP) is 5.68. The molecule has 1 aliphatic rings. The van der Waals surface area contributed by atoms with Crippen LogP contribution >= 0.6 is 11.6 Å². The second-order valence-corrected chi connectivity index (χ2v) is 10.4. The van der Waals surface area contributed by atoms with Gasteiger partial charge in [-0.15, -0.1) is 5.10 Å². The molecular weight excluding hydrogens is 516 g/mol. The molecule has 1 N–H and O–H groups in total. The van der Waals surface area contributed by atoms with Gasteiger partial charge in [-0.1, -0.05) is 36.6 Å². The Bertz CT molecular complexity index is 1610. The van der Waals surface area contributed by atoms with Crippen LogP contribution in [-0.2, 0) is 13.1 Å².